The molecule has 0 radical (unpaired) electrons. The van der Waals surface area contributed by atoms with Crippen LogP contribution in [0.4, 0.5) is 18.9 Å². The van der Waals surface area contributed by atoms with E-state index < -0.39 is 35.5 Å². The smallest absolute Gasteiger partial charge is 0.270 e. The summed E-state index contributed by atoms with van der Waals surface area (Å²) in [4.78, 5) is 30.8. The van der Waals surface area contributed by atoms with Crippen LogP contribution in [0, 0.1) is 11.2 Å². The number of carbonyl (C=O) groups excluding carboxylic acids is 2. The van der Waals surface area contributed by atoms with Crippen LogP contribution in [0.5, 0.6) is 0 Å². The van der Waals surface area contributed by atoms with Crippen molar-refractivity contribution >= 4 is 17.5 Å². The van der Waals surface area contributed by atoms with Crippen LogP contribution < -0.4 is 10.2 Å². The number of anilines is 1. The molecule has 2 aliphatic rings. The molecule has 0 bridgehead atoms. The summed E-state index contributed by atoms with van der Waals surface area (Å²) >= 11 is 0. The summed E-state index contributed by atoms with van der Waals surface area (Å²) in [6, 6.07) is 8.86. The molecule has 2 atom stereocenters. The molecule has 4 rings (SSSR count). The van der Waals surface area contributed by atoms with Gasteiger partial charge in [0.05, 0.1) is 11.5 Å². The molecular weight excluding hydrogens is 383 g/mol. The first-order valence-electron chi connectivity index (χ1n) is 9.48. The number of nitrogens with zero attached hydrogens (tertiary/aromatic N) is 2. The maximum atomic E-state index is 14.6. The lowest BCUT2D eigenvalue weighted by atomic mass is 9.69. The first kappa shape index (κ1) is 19.4. The van der Waals surface area contributed by atoms with Crippen LogP contribution in [0.3, 0.4) is 0 Å². The van der Waals surface area contributed by atoms with E-state index in [2.05, 4.69) is 10.3 Å². The predicted molar refractivity (Wildman–Crippen MR) is 100 cm³/mol. The van der Waals surface area contributed by atoms with Gasteiger partial charge in [0, 0.05) is 24.8 Å². The molecule has 29 heavy (non-hydrogen) atoms. The summed E-state index contributed by atoms with van der Waals surface area (Å²) in [5.41, 5.74) is -0.531. The van der Waals surface area contributed by atoms with E-state index in [0.717, 1.165) is 0 Å². The van der Waals surface area contributed by atoms with Crippen LogP contribution in [0.25, 0.3) is 0 Å². The van der Waals surface area contributed by atoms with Crippen molar-refractivity contribution in [3.8, 4) is 0 Å². The van der Waals surface area contributed by atoms with E-state index in [-0.39, 0.29) is 24.4 Å². The largest absolute Gasteiger partial charge is 0.342 e. The topological polar surface area (TPSA) is 62.3 Å². The number of rotatable bonds is 3. The number of carbonyl (C=O) groups is 2. The number of pyridine rings is 1. The number of benzene rings is 1. The Labute approximate surface area is 165 Å². The number of aromatic nitrogens is 1. The Kier molecular flexibility index (Phi) is 4.80. The zero-order valence-electron chi connectivity index (χ0n) is 15.6. The number of alkyl halides is 2. The van der Waals surface area contributed by atoms with Crippen molar-refractivity contribution in [2.75, 3.05) is 11.4 Å². The third kappa shape index (κ3) is 3.59. The molecule has 2 fully saturated rings. The third-order valence-corrected chi connectivity index (χ3v) is 5.88. The SMILES string of the molecule is O=C(NC1CC2(CCN(c3cccc(F)c3)C2=O)CCC1(F)F)c1ccccn1. The maximum Gasteiger partial charge on any atom is 0.270 e. The molecule has 2 unspecified atom stereocenters. The first-order chi connectivity index (χ1) is 13.8. The van der Waals surface area contributed by atoms with Crippen LogP contribution in [0.15, 0.2) is 48.7 Å². The van der Waals surface area contributed by atoms with Crippen molar-refractivity contribution in [1.82, 2.24) is 10.3 Å². The standard InChI is InChI=1S/C21H20F3N3O2/c22-14-4-3-5-15(12-14)27-11-9-20(19(27)29)7-8-21(23,24)17(13-20)26-18(28)16-6-1-2-10-25-16/h1-6,10,12,17H,7-9,11,13H2,(H,26,28). The fraction of sp³-hybridized carbons (Fsp3) is 0.381. The van der Waals surface area contributed by atoms with Crippen LogP contribution in [-0.2, 0) is 4.79 Å². The second kappa shape index (κ2) is 7.17. The molecule has 8 heteroatoms. The summed E-state index contributed by atoms with van der Waals surface area (Å²) in [5.74, 6) is -4.58. The molecule has 152 valence electrons. The molecule has 1 aromatic carbocycles. The molecule has 5 nitrogen and oxygen atoms in total. The summed E-state index contributed by atoms with van der Waals surface area (Å²) < 4.78 is 42.7. The molecule has 2 amide bonds. The molecule has 2 aromatic rings. The van der Waals surface area contributed by atoms with Crippen molar-refractivity contribution in [1.29, 1.82) is 0 Å². The van der Waals surface area contributed by atoms with E-state index in [0.29, 0.717) is 18.7 Å². The number of hydrogen-bond donors (Lipinski definition) is 1. The number of hydrogen-bond acceptors (Lipinski definition) is 3. The minimum atomic E-state index is -3.12. The highest BCUT2D eigenvalue weighted by atomic mass is 19.3. The molecule has 1 aliphatic carbocycles. The highest BCUT2D eigenvalue weighted by molar-refractivity contribution is 6.00. The van der Waals surface area contributed by atoms with Crippen LogP contribution in [-0.4, -0.2) is 35.3 Å². The van der Waals surface area contributed by atoms with E-state index in [9.17, 15) is 22.8 Å². The van der Waals surface area contributed by atoms with Gasteiger partial charge < -0.3 is 10.2 Å². The number of nitrogens with one attached hydrogen (secondary N) is 1. The van der Waals surface area contributed by atoms with Crippen LogP contribution in [0.1, 0.15) is 36.2 Å². The predicted octanol–water partition coefficient (Wildman–Crippen LogP) is 3.56. The molecule has 1 spiro atoms. The van der Waals surface area contributed by atoms with E-state index >= 15 is 0 Å². The highest BCUT2D eigenvalue weighted by Gasteiger charge is 2.57. The first-order valence-corrected chi connectivity index (χ1v) is 9.48. The van der Waals surface area contributed by atoms with Gasteiger partial charge in [-0.15, -0.1) is 0 Å². The lowest BCUT2D eigenvalue weighted by molar-refractivity contribution is -0.136. The van der Waals surface area contributed by atoms with Gasteiger partial charge in [-0.1, -0.05) is 12.1 Å². The van der Waals surface area contributed by atoms with Crippen molar-refractivity contribution in [2.24, 2.45) is 5.41 Å². The summed E-state index contributed by atoms with van der Waals surface area (Å²) in [5, 5.41) is 2.38. The van der Waals surface area contributed by atoms with Crippen molar-refractivity contribution < 1.29 is 22.8 Å². The fourth-order valence-electron chi connectivity index (χ4n) is 4.24. The van der Waals surface area contributed by atoms with Gasteiger partial charge in [0.1, 0.15) is 11.5 Å². The molecular formula is C21H20F3N3O2. The summed E-state index contributed by atoms with van der Waals surface area (Å²) in [7, 11) is 0. The molecule has 1 aromatic heterocycles. The minimum absolute atomic E-state index is 0.0284. The van der Waals surface area contributed by atoms with E-state index in [1.807, 2.05) is 0 Å². The Hall–Kier alpha value is -2.90. The minimum Gasteiger partial charge on any atom is -0.342 e. The Morgan fingerprint density at radius 3 is 2.69 bits per heavy atom. The fourth-order valence-corrected chi connectivity index (χ4v) is 4.24. The lowest BCUT2D eigenvalue weighted by Gasteiger charge is -2.41. The quantitative estimate of drug-likeness (QED) is 0.853. The molecule has 2 heterocycles. The second-order valence-electron chi connectivity index (χ2n) is 7.67. The lowest BCUT2D eigenvalue weighted by Crippen LogP contribution is -2.55. The zero-order valence-corrected chi connectivity index (χ0v) is 15.6. The Morgan fingerprint density at radius 1 is 1.14 bits per heavy atom. The summed E-state index contributed by atoms with van der Waals surface area (Å²) in [6.07, 6.45) is 1.16. The van der Waals surface area contributed by atoms with E-state index in [1.165, 1.54) is 35.4 Å². The van der Waals surface area contributed by atoms with Crippen molar-refractivity contribution in [2.45, 2.75) is 37.6 Å². The van der Waals surface area contributed by atoms with Gasteiger partial charge in [0.25, 0.3) is 11.8 Å². The molecule has 1 saturated heterocycles. The highest BCUT2D eigenvalue weighted by Crippen LogP contribution is 2.50. The van der Waals surface area contributed by atoms with Crippen molar-refractivity contribution in [3.63, 3.8) is 0 Å². The summed E-state index contributed by atoms with van der Waals surface area (Å²) in [6.45, 7) is 0.328. The zero-order chi connectivity index (χ0) is 20.6. The van der Waals surface area contributed by atoms with Gasteiger partial charge in [0.2, 0.25) is 5.91 Å². The molecule has 1 saturated carbocycles. The Balaban J connectivity index is 1.55. The Bertz CT molecular complexity index is 938. The number of amides is 2. The van der Waals surface area contributed by atoms with Gasteiger partial charge in [0.15, 0.2) is 0 Å². The third-order valence-electron chi connectivity index (χ3n) is 5.88. The average Bonchev–Trinajstić information content (AvgIpc) is 3.02. The van der Waals surface area contributed by atoms with Gasteiger partial charge in [-0.2, -0.15) is 0 Å². The van der Waals surface area contributed by atoms with Gasteiger partial charge >= 0.3 is 0 Å². The van der Waals surface area contributed by atoms with E-state index in [1.54, 1.807) is 18.2 Å². The van der Waals surface area contributed by atoms with Gasteiger partial charge in [-0.25, -0.2) is 13.2 Å². The van der Waals surface area contributed by atoms with Crippen LogP contribution >= 0.6 is 0 Å². The van der Waals surface area contributed by atoms with Crippen LogP contribution in [0.2, 0.25) is 0 Å². The van der Waals surface area contributed by atoms with Crippen molar-refractivity contribution in [3.05, 3.63) is 60.2 Å². The molecule has 1 N–H and O–H groups in total. The van der Waals surface area contributed by atoms with E-state index in [4.69, 9.17) is 0 Å². The van der Waals surface area contributed by atoms with Gasteiger partial charge in [-0.3, -0.25) is 14.6 Å². The maximum absolute atomic E-state index is 14.6. The van der Waals surface area contributed by atoms with Gasteiger partial charge in [-0.05, 0) is 49.6 Å². The Morgan fingerprint density at radius 2 is 1.97 bits per heavy atom. The second-order valence-corrected chi connectivity index (χ2v) is 7.67. The average molecular weight is 403 g/mol. The molecule has 1 aliphatic heterocycles. The number of halogens is 3. The normalized spacial score (nSPS) is 26.0. The monoisotopic (exact) mass is 403 g/mol.